The zero-order valence-corrected chi connectivity index (χ0v) is 29.9. The van der Waals surface area contributed by atoms with Crippen LogP contribution in [-0.4, -0.2) is 74.7 Å². The Hall–Kier alpha value is -1.26. The number of hydrogen-bond acceptors (Lipinski definition) is 7. The molecule has 3 saturated heterocycles. The van der Waals surface area contributed by atoms with Crippen LogP contribution in [0.2, 0.25) is 0 Å². The van der Waals surface area contributed by atoms with Crippen LogP contribution in [0.4, 0.5) is 0 Å². The van der Waals surface area contributed by atoms with Gasteiger partial charge in [-0.15, -0.1) is 11.6 Å². The fourth-order valence-electron chi connectivity index (χ4n) is 7.19. The van der Waals surface area contributed by atoms with Gasteiger partial charge in [-0.25, -0.2) is 8.42 Å². The lowest BCUT2D eigenvalue weighted by Crippen LogP contribution is -2.32. The van der Waals surface area contributed by atoms with Crippen molar-refractivity contribution in [1.29, 1.82) is 0 Å². The van der Waals surface area contributed by atoms with E-state index in [9.17, 15) is 13.5 Å². The molecule has 7 nitrogen and oxygen atoms in total. The second kappa shape index (κ2) is 17.4. The predicted octanol–water partition coefficient (Wildman–Crippen LogP) is 7.50. The number of ether oxygens (including phenoxy) is 4. The molecule has 3 aliphatic rings. The lowest BCUT2D eigenvalue weighted by Gasteiger charge is -2.27. The molecule has 4 rings (SSSR count). The summed E-state index contributed by atoms with van der Waals surface area (Å²) in [6, 6.07) is 8.62. The van der Waals surface area contributed by atoms with Crippen LogP contribution in [0.1, 0.15) is 85.5 Å². The molecule has 0 aliphatic carbocycles. The maximum absolute atomic E-state index is 13.4. The minimum atomic E-state index is -3.51. The second-order valence-electron chi connectivity index (χ2n) is 14.1. The summed E-state index contributed by atoms with van der Waals surface area (Å²) in [5.41, 5.74) is 1.84. The molecule has 1 aromatic carbocycles. The highest BCUT2D eigenvalue weighted by Gasteiger charge is 2.45. The van der Waals surface area contributed by atoms with Crippen LogP contribution < -0.4 is 0 Å². The summed E-state index contributed by atoms with van der Waals surface area (Å²) in [5, 5.41) is 11.3. The quantitative estimate of drug-likeness (QED) is 0.127. The lowest BCUT2D eigenvalue weighted by atomic mass is 9.83. The van der Waals surface area contributed by atoms with Gasteiger partial charge in [0.1, 0.15) is 0 Å². The van der Waals surface area contributed by atoms with Crippen molar-refractivity contribution in [3.8, 4) is 0 Å². The van der Waals surface area contributed by atoms with Gasteiger partial charge < -0.3 is 24.1 Å². The molecule has 0 spiro atoms. The minimum absolute atomic E-state index is 0.00409. The third-order valence-corrected chi connectivity index (χ3v) is 12.7. The molecule has 260 valence electrons. The number of benzene rings is 1. The minimum Gasteiger partial charge on any atom is -0.389 e. The van der Waals surface area contributed by atoms with Crippen molar-refractivity contribution in [3.63, 3.8) is 0 Å². The number of hydrogen-bond donors (Lipinski definition) is 1. The Morgan fingerprint density at radius 1 is 1.04 bits per heavy atom. The Morgan fingerprint density at radius 3 is 2.41 bits per heavy atom. The van der Waals surface area contributed by atoms with Crippen LogP contribution in [0.3, 0.4) is 0 Å². The van der Waals surface area contributed by atoms with Crippen molar-refractivity contribution in [2.45, 2.75) is 133 Å². The fourth-order valence-corrected chi connectivity index (χ4v) is 9.37. The molecule has 0 bridgehead atoms. The van der Waals surface area contributed by atoms with Gasteiger partial charge in [0.2, 0.25) is 0 Å². The zero-order valence-electron chi connectivity index (χ0n) is 28.3. The van der Waals surface area contributed by atoms with E-state index >= 15 is 0 Å². The monoisotopic (exact) mass is 680 g/mol. The first kappa shape index (κ1) is 37.6. The number of rotatable bonds is 18. The van der Waals surface area contributed by atoms with Crippen LogP contribution in [-0.2, 0) is 28.8 Å². The van der Waals surface area contributed by atoms with Crippen molar-refractivity contribution in [1.82, 2.24) is 0 Å². The van der Waals surface area contributed by atoms with Gasteiger partial charge in [-0.1, -0.05) is 65.5 Å². The number of alkyl halides is 1. The number of aliphatic hydroxyl groups is 1. The van der Waals surface area contributed by atoms with Gasteiger partial charge in [0.05, 0.1) is 54.4 Å². The molecule has 0 aromatic heterocycles. The molecular weight excluding hydrogens is 624 g/mol. The van der Waals surface area contributed by atoms with Crippen molar-refractivity contribution in [2.75, 3.05) is 19.0 Å². The summed E-state index contributed by atoms with van der Waals surface area (Å²) in [5.74, 6) is 0.289. The van der Waals surface area contributed by atoms with Crippen molar-refractivity contribution in [3.05, 3.63) is 54.6 Å². The number of aliphatic hydroxyl groups excluding tert-OH is 1. The average Bonchev–Trinajstić information content (AvgIpc) is 3.75. The van der Waals surface area contributed by atoms with Crippen LogP contribution >= 0.6 is 11.6 Å². The van der Waals surface area contributed by atoms with Crippen LogP contribution in [0.25, 0.3) is 0 Å². The molecule has 46 heavy (non-hydrogen) atoms. The molecule has 3 heterocycles. The average molecular weight is 681 g/mol. The largest absolute Gasteiger partial charge is 0.389 e. The maximum Gasteiger partial charge on any atom is 0.178 e. The lowest BCUT2D eigenvalue weighted by molar-refractivity contribution is -0.0585. The Balaban J connectivity index is 1.28. The van der Waals surface area contributed by atoms with E-state index in [-0.39, 0.29) is 59.6 Å². The summed E-state index contributed by atoms with van der Waals surface area (Å²) in [4.78, 5) is 0.327. The molecule has 0 amide bonds. The van der Waals surface area contributed by atoms with E-state index in [1.54, 1.807) is 24.3 Å². The second-order valence-corrected chi connectivity index (χ2v) is 16.7. The first-order valence-corrected chi connectivity index (χ1v) is 19.5. The molecule has 10 atom stereocenters. The molecule has 0 radical (unpaired) electrons. The molecule has 3 aliphatic heterocycles. The van der Waals surface area contributed by atoms with E-state index < -0.39 is 15.9 Å². The van der Waals surface area contributed by atoms with E-state index in [0.29, 0.717) is 36.9 Å². The van der Waals surface area contributed by atoms with Gasteiger partial charge in [-0.3, -0.25) is 0 Å². The Kier molecular flexibility index (Phi) is 14.2. The summed E-state index contributed by atoms with van der Waals surface area (Å²) in [6.45, 7) is 18.4. The van der Waals surface area contributed by atoms with Crippen molar-refractivity contribution in [2.24, 2.45) is 23.7 Å². The number of sulfone groups is 1. The summed E-state index contributed by atoms with van der Waals surface area (Å²) in [6.07, 6.45) is 5.88. The Bertz CT molecular complexity index is 1220. The number of halogens is 1. The molecule has 1 N–H and O–H groups in total. The first-order valence-electron chi connectivity index (χ1n) is 17.4. The summed E-state index contributed by atoms with van der Waals surface area (Å²) in [7, 11) is -3.51. The van der Waals surface area contributed by atoms with Crippen molar-refractivity contribution < 1.29 is 32.5 Å². The van der Waals surface area contributed by atoms with Gasteiger partial charge >= 0.3 is 0 Å². The van der Waals surface area contributed by atoms with Crippen LogP contribution in [0.5, 0.6) is 0 Å². The molecule has 9 heteroatoms. The molecule has 1 aromatic rings. The van der Waals surface area contributed by atoms with E-state index in [1.807, 2.05) is 6.07 Å². The SMILES string of the molecule is C=C([C@H](C)C[C@@H](Cl)CC[C@@H]1O[C@@H](CCC2OCCO2)CC1=C)[C@H](O)C[C@@H]1O[C@H](C[C@H](C)CC)[C@H](C)[C@H]1CS(=O)(=O)c1ccccc1. The topological polar surface area (TPSA) is 91.3 Å². The van der Waals surface area contributed by atoms with E-state index in [2.05, 4.69) is 40.9 Å². The highest BCUT2D eigenvalue weighted by atomic mass is 35.5. The van der Waals surface area contributed by atoms with Crippen molar-refractivity contribution >= 4 is 21.4 Å². The molecule has 3 fully saturated rings. The fraction of sp³-hybridized carbons (Fsp3) is 0.730. The molecule has 0 unspecified atom stereocenters. The molecular formula is C37H57ClO7S. The van der Waals surface area contributed by atoms with E-state index in [1.165, 1.54) is 0 Å². The standard InChI is InChI=1S/C37H57ClO7S/c1-7-24(2)19-35-28(6)32(23-46(40,41)31-11-9-8-10-12-31)36(45-35)22-33(39)27(5)25(3)20-29(38)13-15-34-26(4)21-30(44-34)14-16-37-42-17-18-43-37/h8-12,24-25,28-30,32-37,39H,4-5,7,13-23H2,1-3,6H3/t24-,25-,28-,29+,30+,32-,33-,34+,35-,36+/m1/s1. The van der Waals surface area contributed by atoms with Gasteiger partial charge in [0.15, 0.2) is 16.1 Å². The van der Waals surface area contributed by atoms with Gasteiger partial charge in [-0.05, 0) is 79.6 Å². The van der Waals surface area contributed by atoms with Gasteiger partial charge in [0, 0.05) is 24.1 Å². The maximum atomic E-state index is 13.4. The van der Waals surface area contributed by atoms with Crippen LogP contribution in [0, 0.1) is 23.7 Å². The van der Waals surface area contributed by atoms with E-state index in [4.69, 9.17) is 30.5 Å². The normalized spacial score (nSPS) is 30.0. The first-order chi connectivity index (χ1) is 21.9. The van der Waals surface area contributed by atoms with Crippen LogP contribution in [0.15, 0.2) is 59.5 Å². The van der Waals surface area contributed by atoms with Gasteiger partial charge in [0.25, 0.3) is 0 Å². The smallest absolute Gasteiger partial charge is 0.178 e. The Morgan fingerprint density at radius 2 is 1.74 bits per heavy atom. The third kappa shape index (κ3) is 10.4. The predicted molar refractivity (Wildman–Crippen MR) is 184 cm³/mol. The third-order valence-electron chi connectivity index (χ3n) is 10.5. The van der Waals surface area contributed by atoms with E-state index in [0.717, 1.165) is 56.1 Å². The highest BCUT2D eigenvalue weighted by Crippen LogP contribution is 2.41. The van der Waals surface area contributed by atoms with Gasteiger partial charge in [-0.2, -0.15) is 0 Å². The summed E-state index contributed by atoms with van der Waals surface area (Å²) >= 11 is 6.83. The Labute approximate surface area is 283 Å². The summed E-state index contributed by atoms with van der Waals surface area (Å²) < 4.78 is 50.8. The highest BCUT2D eigenvalue weighted by molar-refractivity contribution is 7.91. The molecule has 0 saturated carbocycles. The zero-order chi connectivity index (χ0) is 33.4.